The van der Waals surface area contributed by atoms with Gasteiger partial charge in [-0.3, -0.25) is 4.79 Å². The number of carbonyl (C=O) groups is 3. The first-order valence-electron chi connectivity index (χ1n) is 8.15. The van der Waals surface area contributed by atoms with Crippen molar-refractivity contribution in [3.05, 3.63) is 52.1 Å². The van der Waals surface area contributed by atoms with Crippen LogP contribution in [-0.2, 0) is 9.47 Å². The molecular weight excluding hydrogens is 370 g/mol. The third-order valence-electron chi connectivity index (χ3n) is 3.87. The Labute approximate surface area is 158 Å². The number of carbonyl (C=O) groups excluding carboxylic acids is 3. The van der Waals surface area contributed by atoms with E-state index in [-0.39, 0.29) is 27.8 Å². The number of benzene rings is 1. The molecule has 3 aromatic rings. The zero-order valence-corrected chi connectivity index (χ0v) is 15.8. The summed E-state index contributed by atoms with van der Waals surface area (Å²) in [6.07, 6.45) is 0. The van der Waals surface area contributed by atoms with Crippen LogP contribution in [0, 0.1) is 6.92 Å². The van der Waals surface area contributed by atoms with Gasteiger partial charge in [0.2, 0.25) is 0 Å². The Hall–Kier alpha value is -3.13. The number of furan rings is 1. The van der Waals surface area contributed by atoms with Crippen molar-refractivity contribution in [1.29, 1.82) is 0 Å². The smallest absolute Gasteiger partial charge is 0.348 e. The molecule has 1 N–H and O–H groups in total. The first-order valence-corrected chi connectivity index (χ1v) is 8.96. The number of anilines is 1. The third kappa shape index (κ3) is 3.56. The summed E-state index contributed by atoms with van der Waals surface area (Å²) in [6, 6.07) is 8.82. The van der Waals surface area contributed by atoms with Gasteiger partial charge in [0.05, 0.1) is 19.3 Å². The molecule has 0 fully saturated rings. The van der Waals surface area contributed by atoms with Crippen molar-refractivity contribution in [3.8, 4) is 0 Å². The fraction of sp³-hybridized carbons (Fsp3) is 0.211. The molecule has 3 rings (SSSR count). The largest absolute Gasteiger partial charge is 0.465 e. The Bertz CT molecular complexity index is 999. The zero-order valence-electron chi connectivity index (χ0n) is 15.0. The molecule has 0 spiro atoms. The van der Waals surface area contributed by atoms with Crippen molar-refractivity contribution >= 4 is 45.2 Å². The van der Waals surface area contributed by atoms with Crippen LogP contribution in [-0.4, -0.2) is 31.6 Å². The average Bonchev–Trinajstić information content (AvgIpc) is 3.22. The van der Waals surface area contributed by atoms with Gasteiger partial charge in [-0.05, 0) is 31.5 Å². The quantitative estimate of drug-likeness (QED) is 0.665. The minimum Gasteiger partial charge on any atom is -0.465 e. The number of hydrogen-bond acceptors (Lipinski definition) is 7. The topological polar surface area (TPSA) is 94.8 Å². The van der Waals surface area contributed by atoms with E-state index in [2.05, 4.69) is 5.32 Å². The molecular formula is C19H17NO6S. The summed E-state index contributed by atoms with van der Waals surface area (Å²) >= 11 is 0.954. The molecule has 8 heteroatoms. The molecule has 0 bridgehead atoms. The molecule has 2 heterocycles. The van der Waals surface area contributed by atoms with Crippen LogP contribution in [0.3, 0.4) is 0 Å². The molecule has 0 aliphatic rings. The third-order valence-corrected chi connectivity index (χ3v) is 5.06. The van der Waals surface area contributed by atoms with E-state index in [4.69, 9.17) is 13.9 Å². The fourth-order valence-electron chi connectivity index (χ4n) is 2.60. The Kier molecular flexibility index (Phi) is 5.27. The van der Waals surface area contributed by atoms with Crippen LogP contribution in [0.4, 0.5) is 5.00 Å². The lowest BCUT2D eigenvalue weighted by atomic mass is 10.1. The maximum atomic E-state index is 12.6. The molecule has 2 aromatic heterocycles. The maximum Gasteiger partial charge on any atom is 0.348 e. The number of para-hydroxylation sites is 1. The van der Waals surface area contributed by atoms with Gasteiger partial charge in [-0.25, -0.2) is 9.59 Å². The molecule has 0 saturated heterocycles. The lowest BCUT2D eigenvalue weighted by Crippen LogP contribution is -2.14. The molecule has 140 valence electrons. The Morgan fingerprint density at radius 3 is 2.59 bits per heavy atom. The number of hydrogen-bond donors (Lipinski definition) is 1. The van der Waals surface area contributed by atoms with Gasteiger partial charge in [0, 0.05) is 5.39 Å². The van der Waals surface area contributed by atoms with E-state index in [1.54, 1.807) is 32.0 Å². The number of nitrogens with one attached hydrogen (secondary N) is 1. The van der Waals surface area contributed by atoms with Crippen LogP contribution in [0.2, 0.25) is 0 Å². The monoisotopic (exact) mass is 387 g/mol. The first kappa shape index (κ1) is 18.7. The van der Waals surface area contributed by atoms with Crippen molar-refractivity contribution < 1.29 is 28.3 Å². The molecule has 27 heavy (non-hydrogen) atoms. The van der Waals surface area contributed by atoms with Crippen molar-refractivity contribution in [2.24, 2.45) is 0 Å². The molecule has 0 atom stereocenters. The summed E-state index contributed by atoms with van der Waals surface area (Å²) < 4.78 is 15.3. The SMILES string of the molecule is CCOC(=O)c1c(NC(=O)c2cc3ccccc3o2)sc(C(=O)OC)c1C. The van der Waals surface area contributed by atoms with Crippen molar-refractivity contribution in [3.63, 3.8) is 0 Å². The molecule has 1 aromatic carbocycles. The van der Waals surface area contributed by atoms with Gasteiger partial charge in [-0.2, -0.15) is 0 Å². The molecule has 1 amide bonds. The van der Waals surface area contributed by atoms with Gasteiger partial charge in [0.15, 0.2) is 5.76 Å². The van der Waals surface area contributed by atoms with Crippen LogP contribution < -0.4 is 5.32 Å². The van der Waals surface area contributed by atoms with Crippen molar-refractivity contribution in [2.45, 2.75) is 13.8 Å². The number of fused-ring (bicyclic) bond motifs is 1. The van der Waals surface area contributed by atoms with E-state index in [9.17, 15) is 14.4 Å². The van der Waals surface area contributed by atoms with Gasteiger partial charge < -0.3 is 19.2 Å². The number of amides is 1. The highest BCUT2D eigenvalue weighted by Crippen LogP contribution is 2.34. The molecule has 0 radical (unpaired) electrons. The minimum absolute atomic E-state index is 0.0941. The predicted molar refractivity (Wildman–Crippen MR) is 101 cm³/mol. The van der Waals surface area contributed by atoms with Crippen LogP contribution >= 0.6 is 11.3 Å². The van der Waals surface area contributed by atoms with Gasteiger partial charge in [0.1, 0.15) is 15.5 Å². The number of methoxy groups -OCH3 is 1. The zero-order chi connectivity index (χ0) is 19.6. The maximum absolute atomic E-state index is 12.6. The number of esters is 2. The molecule has 7 nitrogen and oxygen atoms in total. The fourth-order valence-corrected chi connectivity index (χ4v) is 3.70. The lowest BCUT2D eigenvalue weighted by molar-refractivity contribution is 0.0527. The standard InChI is InChI=1S/C19H17NO6S/c1-4-25-18(22)14-10(2)15(19(23)24-3)27-17(14)20-16(21)13-9-11-7-5-6-8-12(11)26-13/h5-9H,4H2,1-3H3,(H,20,21). The summed E-state index contributed by atoms with van der Waals surface area (Å²) in [6.45, 7) is 3.44. The van der Waals surface area contributed by atoms with Crippen LogP contribution in [0.1, 0.15) is 43.1 Å². The highest BCUT2D eigenvalue weighted by molar-refractivity contribution is 7.18. The summed E-state index contributed by atoms with van der Waals surface area (Å²) in [5.74, 6) is -1.65. The van der Waals surface area contributed by atoms with E-state index in [0.29, 0.717) is 11.1 Å². The Morgan fingerprint density at radius 1 is 1.19 bits per heavy atom. The molecule has 0 saturated carbocycles. The van der Waals surface area contributed by atoms with E-state index in [0.717, 1.165) is 16.7 Å². The second-order valence-corrected chi connectivity index (χ2v) is 6.60. The highest BCUT2D eigenvalue weighted by atomic mass is 32.1. The van der Waals surface area contributed by atoms with Gasteiger partial charge in [-0.15, -0.1) is 11.3 Å². The number of ether oxygens (including phenoxy) is 2. The van der Waals surface area contributed by atoms with Crippen LogP contribution in [0.15, 0.2) is 34.7 Å². The van der Waals surface area contributed by atoms with Gasteiger partial charge in [-0.1, -0.05) is 18.2 Å². The Morgan fingerprint density at radius 2 is 1.93 bits per heavy atom. The lowest BCUT2D eigenvalue weighted by Gasteiger charge is -2.06. The van der Waals surface area contributed by atoms with E-state index in [1.807, 2.05) is 12.1 Å². The second kappa shape index (κ2) is 7.63. The van der Waals surface area contributed by atoms with Crippen molar-refractivity contribution in [1.82, 2.24) is 0 Å². The summed E-state index contributed by atoms with van der Waals surface area (Å²) in [7, 11) is 1.25. The van der Waals surface area contributed by atoms with Crippen LogP contribution in [0.5, 0.6) is 0 Å². The van der Waals surface area contributed by atoms with Gasteiger partial charge >= 0.3 is 11.9 Å². The normalized spacial score (nSPS) is 10.6. The number of thiophene rings is 1. The van der Waals surface area contributed by atoms with E-state index >= 15 is 0 Å². The molecule has 0 unspecified atom stereocenters. The predicted octanol–water partition coefficient (Wildman–Crippen LogP) is 4.02. The summed E-state index contributed by atoms with van der Waals surface area (Å²) in [5.41, 5.74) is 1.10. The molecule has 0 aliphatic heterocycles. The first-order chi connectivity index (χ1) is 13.0. The van der Waals surface area contributed by atoms with Crippen LogP contribution in [0.25, 0.3) is 11.0 Å². The van der Waals surface area contributed by atoms with E-state index < -0.39 is 17.8 Å². The Balaban J connectivity index is 1.98. The summed E-state index contributed by atoms with van der Waals surface area (Å²) in [5, 5.41) is 3.63. The summed E-state index contributed by atoms with van der Waals surface area (Å²) in [4.78, 5) is 37.1. The average molecular weight is 387 g/mol. The molecule has 0 aliphatic carbocycles. The second-order valence-electron chi connectivity index (χ2n) is 5.57. The van der Waals surface area contributed by atoms with Gasteiger partial charge in [0.25, 0.3) is 5.91 Å². The van der Waals surface area contributed by atoms with E-state index in [1.165, 1.54) is 7.11 Å². The minimum atomic E-state index is -0.624. The highest BCUT2D eigenvalue weighted by Gasteiger charge is 2.27. The van der Waals surface area contributed by atoms with Crippen molar-refractivity contribution in [2.75, 3.05) is 19.0 Å². The number of rotatable bonds is 5.